The van der Waals surface area contributed by atoms with Gasteiger partial charge in [-0.25, -0.2) is 13.2 Å². The zero-order chi connectivity index (χ0) is 24.2. The molecule has 182 valence electrons. The summed E-state index contributed by atoms with van der Waals surface area (Å²) in [7, 11) is 0. The van der Waals surface area contributed by atoms with Crippen LogP contribution in [0.25, 0.3) is 0 Å². The zero-order valence-electron chi connectivity index (χ0n) is 19.1. The van der Waals surface area contributed by atoms with Gasteiger partial charge >= 0.3 is 0 Å². The first kappa shape index (κ1) is 23.6. The number of hydrogen-bond acceptors (Lipinski definition) is 6. The van der Waals surface area contributed by atoms with E-state index in [0.717, 1.165) is 6.08 Å². The number of aliphatic hydroxyl groups excluding tert-OH is 1. The molecule has 5 nitrogen and oxygen atoms in total. The molecule has 3 saturated carbocycles. The molecule has 0 spiro atoms. The number of rotatable bonds is 2. The van der Waals surface area contributed by atoms with Crippen LogP contribution in [0.15, 0.2) is 23.8 Å². The summed E-state index contributed by atoms with van der Waals surface area (Å²) in [6, 6.07) is -0.950. The lowest BCUT2D eigenvalue weighted by molar-refractivity contribution is -0.246. The van der Waals surface area contributed by atoms with Crippen molar-refractivity contribution >= 4 is 22.7 Å². The molecule has 5 aliphatic rings. The van der Waals surface area contributed by atoms with Crippen LogP contribution in [0.5, 0.6) is 0 Å². The first-order valence-electron chi connectivity index (χ1n) is 11.3. The van der Waals surface area contributed by atoms with Crippen molar-refractivity contribution in [1.29, 1.82) is 0 Å². The van der Waals surface area contributed by atoms with Crippen molar-refractivity contribution in [2.24, 2.45) is 22.7 Å². The number of hydrogen-bond donors (Lipinski definition) is 1. The average molecular weight is 487 g/mol. The SMILES string of the molecule is CC1(C)O[C@@H]2CC3C4C[C@H](F)C5=CC(=O)C=CC5(C)[C@@]4(F)C(O)CC3(C)C2(C(=O)SCF)O1. The third-order valence-corrected chi connectivity index (χ3v) is 9.78. The number of thioether (sulfide) groups is 1. The van der Waals surface area contributed by atoms with Crippen molar-refractivity contribution in [3.8, 4) is 0 Å². The highest BCUT2D eigenvalue weighted by atomic mass is 32.2. The maximum atomic E-state index is 17.2. The molecular weight excluding hydrogens is 457 g/mol. The lowest BCUT2D eigenvalue weighted by atomic mass is 9.44. The van der Waals surface area contributed by atoms with Crippen LogP contribution in [0.4, 0.5) is 13.2 Å². The summed E-state index contributed by atoms with van der Waals surface area (Å²) in [5, 5.41) is 10.8. The molecule has 0 aromatic heterocycles. The first-order chi connectivity index (χ1) is 15.3. The lowest BCUT2D eigenvalue weighted by Crippen LogP contribution is -2.70. The molecule has 33 heavy (non-hydrogen) atoms. The van der Waals surface area contributed by atoms with Crippen molar-refractivity contribution in [2.45, 2.75) is 82.4 Å². The van der Waals surface area contributed by atoms with Crippen LogP contribution in [0, 0.1) is 22.7 Å². The highest BCUT2D eigenvalue weighted by molar-refractivity contribution is 8.13. The van der Waals surface area contributed by atoms with Crippen LogP contribution in [0.2, 0.25) is 0 Å². The van der Waals surface area contributed by atoms with E-state index in [1.54, 1.807) is 20.8 Å². The number of aliphatic hydroxyl groups is 1. The molecule has 1 saturated heterocycles. The van der Waals surface area contributed by atoms with Crippen LogP contribution < -0.4 is 0 Å². The summed E-state index contributed by atoms with van der Waals surface area (Å²) in [6.07, 6.45) is -0.298. The van der Waals surface area contributed by atoms with E-state index in [2.05, 4.69) is 0 Å². The van der Waals surface area contributed by atoms with E-state index in [-0.39, 0.29) is 24.8 Å². The molecule has 0 bridgehead atoms. The minimum atomic E-state index is -2.26. The molecular formula is C24H29F3O5S. The third-order valence-electron chi connectivity index (χ3n) is 9.11. The Morgan fingerprint density at radius 1 is 1.24 bits per heavy atom. The van der Waals surface area contributed by atoms with E-state index in [9.17, 15) is 19.1 Å². The number of fused-ring (bicyclic) bond motifs is 7. The normalized spacial score (nSPS) is 51.9. The van der Waals surface area contributed by atoms with Crippen molar-refractivity contribution in [1.82, 2.24) is 0 Å². The molecule has 9 heteroatoms. The van der Waals surface area contributed by atoms with Crippen molar-refractivity contribution < 1.29 is 37.3 Å². The van der Waals surface area contributed by atoms with E-state index in [1.807, 2.05) is 0 Å². The number of halogens is 3. The zero-order valence-corrected chi connectivity index (χ0v) is 19.9. The van der Waals surface area contributed by atoms with Crippen molar-refractivity contribution in [2.75, 3.05) is 6.01 Å². The molecule has 0 radical (unpaired) electrons. The highest BCUT2D eigenvalue weighted by Crippen LogP contribution is 2.72. The molecule has 6 unspecified atom stereocenters. The first-order valence-corrected chi connectivity index (χ1v) is 12.3. The number of alkyl halides is 3. The Kier molecular flexibility index (Phi) is 4.97. The monoisotopic (exact) mass is 486 g/mol. The maximum absolute atomic E-state index is 17.2. The second kappa shape index (κ2) is 6.95. The second-order valence-corrected chi connectivity index (χ2v) is 11.9. The minimum Gasteiger partial charge on any atom is -0.390 e. The Morgan fingerprint density at radius 3 is 2.61 bits per heavy atom. The van der Waals surface area contributed by atoms with E-state index < -0.39 is 75.0 Å². The van der Waals surface area contributed by atoms with Gasteiger partial charge < -0.3 is 14.6 Å². The lowest BCUT2D eigenvalue weighted by Gasteiger charge is -2.63. The van der Waals surface area contributed by atoms with Crippen LogP contribution in [-0.2, 0) is 19.1 Å². The quantitative estimate of drug-likeness (QED) is 0.636. The summed E-state index contributed by atoms with van der Waals surface area (Å²) in [4.78, 5) is 25.3. The van der Waals surface area contributed by atoms with Gasteiger partial charge in [0, 0.05) is 16.7 Å². The summed E-state index contributed by atoms with van der Waals surface area (Å²) >= 11 is 0.481. The van der Waals surface area contributed by atoms with E-state index in [0.29, 0.717) is 11.8 Å². The Labute approximate surface area is 195 Å². The van der Waals surface area contributed by atoms with Crippen LogP contribution in [0.1, 0.15) is 47.0 Å². The number of ketones is 1. The molecule has 1 N–H and O–H groups in total. The van der Waals surface area contributed by atoms with Gasteiger partial charge in [0.15, 0.2) is 22.8 Å². The third kappa shape index (κ3) is 2.68. The Balaban J connectivity index is 1.65. The summed E-state index contributed by atoms with van der Waals surface area (Å²) in [5.41, 5.74) is -6.40. The van der Waals surface area contributed by atoms with Crippen molar-refractivity contribution in [3.63, 3.8) is 0 Å². The van der Waals surface area contributed by atoms with Gasteiger partial charge in [0.1, 0.15) is 12.2 Å². The molecule has 0 aromatic carbocycles. The summed E-state index contributed by atoms with van der Waals surface area (Å²) < 4.78 is 58.2. The van der Waals surface area contributed by atoms with Gasteiger partial charge in [0.2, 0.25) is 5.12 Å². The fourth-order valence-corrected chi connectivity index (χ4v) is 8.53. The molecule has 9 atom stereocenters. The highest BCUT2D eigenvalue weighted by Gasteiger charge is 2.80. The number of carbonyl (C=O) groups is 2. The predicted molar refractivity (Wildman–Crippen MR) is 115 cm³/mol. The predicted octanol–water partition coefficient (Wildman–Crippen LogP) is 3.99. The fraction of sp³-hybridized carbons (Fsp3) is 0.750. The smallest absolute Gasteiger partial charge is 0.226 e. The van der Waals surface area contributed by atoms with Gasteiger partial charge in [-0.05, 0) is 63.7 Å². The molecule has 0 aromatic rings. The molecule has 4 fully saturated rings. The summed E-state index contributed by atoms with van der Waals surface area (Å²) in [6.45, 7) is 6.61. The van der Waals surface area contributed by atoms with Gasteiger partial charge in [-0.1, -0.05) is 24.8 Å². The van der Waals surface area contributed by atoms with Gasteiger partial charge in [-0.3, -0.25) is 9.59 Å². The van der Waals surface area contributed by atoms with E-state index in [1.165, 1.54) is 19.1 Å². The van der Waals surface area contributed by atoms with Crippen molar-refractivity contribution in [3.05, 3.63) is 23.8 Å². The number of allylic oxidation sites excluding steroid dienone is 4. The Bertz CT molecular complexity index is 983. The number of ether oxygens (including phenoxy) is 2. The van der Waals surface area contributed by atoms with Crippen LogP contribution in [-0.4, -0.2) is 57.4 Å². The average Bonchev–Trinajstić information content (AvgIpc) is 3.13. The van der Waals surface area contributed by atoms with E-state index >= 15 is 8.78 Å². The molecule has 1 heterocycles. The van der Waals surface area contributed by atoms with E-state index in [4.69, 9.17) is 9.47 Å². The topological polar surface area (TPSA) is 72.8 Å². The van der Waals surface area contributed by atoms with Gasteiger partial charge in [0.25, 0.3) is 0 Å². The molecule has 1 aliphatic heterocycles. The van der Waals surface area contributed by atoms with Crippen LogP contribution >= 0.6 is 11.8 Å². The minimum absolute atomic E-state index is 0.0435. The van der Waals surface area contributed by atoms with Crippen LogP contribution in [0.3, 0.4) is 0 Å². The second-order valence-electron chi connectivity index (χ2n) is 11.0. The van der Waals surface area contributed by atoms with Gasteiger partial charge in [-0.2, -0.15) is 0 Å². The van der Waals surface area contributed by atoms with Gasteiger partial charge in [-0.15, -0.1) is 0 Å². The Morgan fingerprint density at radius 2 is 1.94 bits per heavy atom. The standard InChI is InChI=1S/C24H29F3O5S/c1-20(2)31-18-9-13-14-8-16(26)15-7-12(28)5-6-21(15,3)23(14,27)17(29)10-22(13,4)24(18,32-20)19(30)33-11-25/h5-7,13-14,16-18,29H,8-11H2,1-4H3/t13?,14?,16-,17?,18+,21?,22?,23-,24?/m0/s1. The fourth-order valence-electron chi connectivity index (χ4n) is 7.81. The summed E-state index contributed by atoms with van der Waals surface area (Å²) in [5.74, 6) is -3.04. The van der Waals surface area contributed by atoms with Gasteiger partial charge in [0.05, 0.1) is 12.2 Å². The molecule has 5 rings (SSSR count). The largest absolute Gasteiger partial charge is 0.390 e. The maximum Gasteiger partial charge on any atom is 0.226 e. The molecule has 0 amide bonds. The Hall–Kier alpha value is -1.16. The molecule has 4 aliphatic carbocycles. The number of carbonyl (C=O) groups excluding carboxylic acids is 2.